The summed E-state index contributed by atoms with van der Waals surface area (Å²) in [5.41, 5.74) is 1.14. The molecule has 0 radical (unpaired) electrons. The molecule has 2 rings (SSSR count). The molecule has 1 amide bonds. The molecule has 0 N–H and O–H groups in total. The Morgan fingerprint density at radius 1 is 1.36 bits per heavy atom. The number of rotatable bonds is 1. The maximum Gasteiger partial charge on any atom is 0.251 e. The van der Waals surface area contributed by atoms with Crippen LogP contribution in [0.5, 0.6) is 0 Å². The minimum atomic E-state index is 0.125. The monoisotopic (exact) mass is 194 g/mol. The highest BCUT2D eigenvalue weighted by Crippen LogP contribution is 2.28. The molecule has 0 bridgehead atoms. The van der Waals surface area contributed by atoms with Gasteiger partial charge in [-0.05, 0) is 33.1 Å². The van der Waals surface area contributed by atoms with E-state index in [1.807, 2.05) is 13.8 Å². The lowest BCUT2D eigenvalue weighted by Gasteiger charge is -2.17. The van der Waals surface area contributed by atoms with Crippen LogP contribution in [0.3, 0.4) is 0 Å². The third-order valence-corrected chi connectivity index (χ3v) is 3.08. The summed E-state index contributed by atoms with van der Waals surface area (Å²) in [7, 11) is 0. The lowest BCUT2D eigenvalue weighted by molar-refractivity contribution is -0.133. The van der Waals surface area contributed by atoms with Gasteiger partial charge in [0.05, 0.1) is 11.6 Å². The molecule has 3 heteroatoms. The second kappa shape index (κ2) is 3.71. The molecule has 1 fully saturated rings. The quantitative estimate of drug-likeness (QED) is 0.629. The second-order valence-electron chi connectivity index (χ2n) is 4.52. The first kappa shape index (κ1) is 9.69. The van der Waals surface area contributed by atoms with Crippen molar-refractivity contribution in [2.45, 2.75) is 52.0 Å². The second-order valence-corrected chi connectivity index (χ2v) is 4.52. The topological polar surface area (TPSA) is 32.7 Å². The number of fused-ring (bicyclic) bond motifs is 1. The molecule has 1 unspecified atom stereocenters. The Kier molecular flexibility index (Phi) is 2.57. The molecule has 0 aromatic heterocycles. The van der Waals surface area contributed by atoms with E-state index in [4.69, 9.17) is 0 Å². The van der Waals surface area contributed by atoms with Gasteiger partial charge in [-0.1, -0.05) is 12.8 Å². The van der Waals surface area contributed by atoms with Crippen molar-refractivity contribution in [2.75, 3.05) is 0 Å². The van der Waals surface area contributed by atoms with E-state index in [1.165, 1.54) is 19.3 Å². The molecule has 0 aromatic rings. The lowest BCUT2D eigenvalue weighted by atomic mass is 9.98. The molecule has 78 valence electrons. The number of hydrogen-bond acceptors (Lipinski definition) is 2. The zero-order valence-corrected chi connectivity index (χ0v) is 8.99. The predicted octanol–water partition coefficient (Wildman–Crippen LogP) is 2.17. The fourth-order valence-electron chi connectivity index (χ4n) is 2.28. The first-order valence-corrected chi connectivity index (χ1v) is 5.60. The zero-order valence-electron chi connectivity index (χ0n) is 8.99. The maximum atomic E-state index is 11.9. The van der Waals surface area contributed by atoms with Crippen LogP contribution in [0.1, 0.15) is 46.0 Å². The highest BCUT2D eigenvalue weighted by molar-refractivity contribution is 6.08. The third kappa shape index (κ3) is 1.56. The van der Waals surface area contributed by atoms with Crippen molar-refractivity contribution >= 4 is 11.6 Å². The summed E-state index contributed by atoms with van der Waals surface area (Å²) in [4.78, 5) is 11.9. The van der Waals surface area contributed by atoms with E-state index in [0.29, 0.717) is 0 Å². The van der Waals surface area contributed by atoms with Gasteiger partial charge in [-0.15, -0.1) is 0 Å². The zero-order chi connectivity index (χ0) is 10.1. The summed E-state index contributed by atoms with van der Waals surface area (Å²) in [5, 5.41) is 6.12. The molecular weight excluding hydrogens is 176 g/mol. The molecule has 1 atom stereocenters. The number of hydrogen-bond donors (Lipinski definition) is 0. The number of carbonyl (C=O) groups excluding carboxylic acids is 1. The van der Waals surface area contributed by atoms with E-state index in [2.05, 4.69) is 5.10 Å². The number of carbonyl (C=O) groups is 1. The summed E-state index contributed by atoms with van der Waals surface area (Å²) in [5.74, 6) is 0.358. The van der Waals surface area contributed by atoms with E-state index < -0.39 is 0 Å². The van der Waals surface area contributed by atoms with Crippen molar-refractivity contribution in [1.82, 2.24) is 5.01 Å². The molecule has 1 heterocycles. The van der Waals surface area contributed by atoms with Gasteiger partial charge in [0.25, 0.3) is 5.91 Å². The molecule has 14 heavy (non-hydrogen) atoms. The van der Waals surface area contributed by atoms with E-state index in [0.717, 1.165) is 18.6 Å². The van der Waals surface area contributed by atoms with E-state index in [9.17, 15) is 4.79 Å². The molecule has 2 aliphatic rings. The van der Waals surface area contributed by atoms with E-state index >= 15 is 0 Å². The van der Waals surface area contributed by atoms with Crippen LogP contribution < -0.4 is 0 Å². The highest BCUT2D eigenvalue weighted by atomic mass is 16.2. The van der Waals surface area contributed by atoms with Crippen LogP contribution in [0, 0.1) is 5.92 Å². The first-order chi connectivity index (χ1) is 6.70. The van der Waals surface area contributed by atoms with E-state index in [-0.39, 0.29) is 17.9 Å². The van der Waals surface area contributed by atoms with E-state index in [1.54, 1.807) is 5.01 Å². The van der Waals surface area contributed by atoms with Gasteiger partial charge in [-0.2, -0.15) is 5.10 Å². The van der Waals surface area contributed by atoms with Crippen LogP contribution in [0.4, 0.5) is 0 Å². The van der Waals surface area contributed by atoms with Crippen LogP contribution in [0.2, 0.25) is 0 Å². The van der Waals surface area contributed by atoms with Gasteiger partial charge >= 0.3 is 0 Å². The largest absolute Gasteiger partial charge is 0.272 e. The first-order valence-electron chi connectivity index (χ1n) is 5.60. The highest BCUT2D eigenvalue weighted by Gasteiger charge is 2.36. The predicted molar refractivity (Wildman–Crippen MR) is 56.0 cm³/mol. The molecular formula is C11H18N2O. The average molecular weight is 194 g/mol. The van der Waals surface area contributed by atoms with Gasteiger partial charge in [0.2, 0.25) is 0 Å². The average Bonchev–Trinajstić information content (AvgIpc) is 2.37. The SMILES string of the molecule is CC(C)N1N=C2CCCCCC2C1=O. The van der Waals surface area contributed by atoms with Crippen LogP contribution in [-0.4, -0.2) is 22.7 Å². The normalized spacial score (nSPS) is 27.6. The van der Waals surface area contributed by atoms with Gasteiger partial charge in [0.15, 0.2) is 0 Å². The van der Waals surface area contributed by atoms with Gasteiger partial charge in [0.1, 0.15) is 0 Å². The van der Waals surface area contributed by atoms with Crippen LogP contribution >= 0.6 is 0 Å². The lowest BCUT2D eigenvalue weighted by Crippen LogP contribution is -2.32. The van der Waals surface area contributed by atoms with Crippen molar-refractivity contribution in [3.63, 3.8) is 0 Å². The van der Waals surface area contributed by atoms with Crippen molar-refractivity contribution in [2.24, 2.45) is 11.0 Å². The van der Waals surface area contributed by atoms with Crippen LogP contribution in [-0.2, 0) is 4.79 Å². The summed E-state index contributed by atoms with van der Waals surface area (Å²) in [6.07, 6.45) is 5.68. The third-order valence-electron chi connectivity index (χ3n) is 3.08. The molecule has 0 spiro atoms. The van der Waals surface area contributed by atoms with Crippen molar-refractivity contribution in [3.05, 3.63) is 0 Å². The minimum Gasteiger partial charge on any atom is -0.272 e. The van der Waals surface area contributed by atoms with Gasteiger partial charge in [-0.25, -0.2) is 5.01 Å². The maximum absolute atomic E-state index is 11.9. The standard InChI is InChI=1S/C11H18N2O/c1-8(2)13-11(14)9-6-4-3-5-7-10(9)12-13/h8-9H,3-7H2,1-2H3. The van der Waals surface area contributed by atoms with Crippen LogP contribution in [0.25, 0.3) is 0 Å². The van der Waals surface area contributed by atoms with Gasteiger partial charge in [0, 0.05) is 6.04 Å². The van der Waals surface area contributed by atoms with Crippen molar-refractivity contribution in [1.29, 1.82) is 0 Å². The molecule has 1 aliphatic carbocycles. The van der Waals surface area contributed by atoms with Crippen molar-refractivity contribution < 1.29 is 4.79 Å². The smallest absolute Gasteiger partial charge is 0.251 e. The Balaban J connectivity index is 2.18. The van der Waals surface area contributed by atoms with Crippen LogP contribution in [0.15, 0.2) is 5.10 Å². The van der Waals surface area contributed by atoms with Crippen molar-refractivity contribution in [3.8, 4) is 0 Å². The Morgan fingerprint density at radius 3 is 2.86 bits per heavy atom. The summed E-state index contributed by atoms with van der Waals surface area (Å²) in [6, 6.07) is 0.210. The fraction of sp³-hybridized carbons (Fsp3) is 0.818. The van der Waals surface area contributed by atoms with Gasteiger partial charge in [-0.3, -0.25) is 4.79 Å². The number of nitrogens with zero attached hydrogens (tertiary/aromatic N) is 2. The molecule has 0 aromatic carbocycles. The molecule has 1 saturated carbocycles. The summed E-state index contributed by atoms with van der Waals surface area (Å²) in [6.45, 7) is 4.04. The van der Waals surface area contributed by atoms with Gasteiger partial charge < -0.3 is 0 Å². The molecule has 3 nitrogen and oxygen atoms in total. The molecule has 0 saturated heterocycles. The minimum absolute atomic E-state index is 0.125. The Labute approximate surface area is 85.2 Å². The Hall–Kier alpha value is -0.860. The Bertz CT molecular complexity index is 270. The fourth-order valence-corrected chi connectivity index (χ4v) is 2.28. The molecule has 1 aliphatic heterocycles. The number of amides is 1. The number of hydrazone groups is 1. The Morgan fingerprint density at radius 2 is 2.14 bits per heavy atom. The summed E-state index contributed by atoms with van der Waals surface area (Å²) < 4.78 is 0. The summed E-state index contributed by atoms with van der Waals surface area (Å²) >= 11 is 0.